The van der Waals surface area contributed by atoms with Crippen molar-refractivity contribution in [2.24, 2.45) is 0 Å². The van der Waals surface area contributed by atoms with Gasteiger partial charge in [0.2, 0.25) is 0 Å². The highest BCUT2D eigenvalue weighted by Crippen LogP contribution is 2.32. The Labute approximate surface area is 158 Å². The van der Waals surface area contributed by atoms with Crippen molar-refractivity contribution in [2.75, 3.05) is 40.4 Å². The normalized spacial score (nSPS) is 14.0. The van der Waals surface area contributed by atoms with Crippen LogP contribution in [0.4, 0.5) is 0 Å². The van der Waals surface area contributed by atoms with Crippen LogP contribution in [0.3, 0.4) is 0 Å². The number of methoxy groups -OCH3 is 2. The smallest absolute Gasteiger partial charge is 0.257 e. The van der Waals surface area contributed by atoms with Gasteiger partial charge < -0.3 is 19.3 Å². The average Bonchev–Trinajstić information content (AvgIpc) is 2.73. The molecule has 142 valence electrons. The summed E-state index contributed by atoms with van der Waals surface area (Å²) >= 11 is 0. The van der Waals surface area contributed by atoms with Gasteiger partial charge in [0.25, 0.3) is 11.8 Å². The minimum Gasteiger partial charge on any atom is -0.496 e. The summed E-state index contributed by atoms with van der Waals surface area (Å²) in [5, 5.41) is 0. The van der Waals surface area contributed by atoms with E-state index >= 15 is 0 Å². The Bertz CT molecular complexity index is 831. The fourth-order valence-corrected chi connectivity index (χ4v) is 3.28. The molecule has 3 rings (SSSR count). The van der Waals surface area contributed by atoms with Gasteiger partial charge >= 0.3 is 0 Å². The maximum Gasteiger partial charge on any atom is 0.257 e. The quantitative estimate of drug-likeness (QED) is 0.824. The van der Waals surface area contributed by atoms with Gasteiger partial charge in [-0.05, 0) is 31.2 Å². The number of hydrogen-bond donors (Lipinski definition) is 0. The molecule has 1 saturated heterocycles. The third-order valence-electron chi connectivity index (χ3n) is 4.77. The van der Waals surface area contributed by atoms with Crippen molar-refractivity contribution in [3.05, 3.63) is 53.3 Å². The first-order chi connectivity index (χ1) is 13.1. The Morgan fingerprint density at radius 2 is 1.63 bits per heavy atom. The van der Waals surface area contributed by atoms with Crippen molar-refractivity contribution in [2.45, 2.75) is 6.92 Å². The highest BCUT2D eigenvalue weighted by Gasteiger charge is 2.28. The van der Waals surface area contributed by atoms with E-state index in [0.717, 1.165) is 5.56 Å². The van der Waals surface area contributed by atoms with E-state index in [1.165, 1.54) is 0 Å². The second-order valence-electron chi connectivity index (χ2n) is 6.30. The Morgan fingerprint density at radius 1 is 0.963 bits per heavy atom. The molecular formula is C20H23N3O4. The lowest BCUT2D eigenvalue weighted by molar-refractivity contribution is 0.0533. The molecule has 27 heavy (non-hydrogen) atoms. The van der Waals surface area contributed by atoms with Crippen molar-refractivity contribution in [1.82, 2.24) is 14.8 Å². The molecule has 0 N–H and O–H groups in total. The second-order valence-corrected chi connectivity index (χ2v) is 6.30. The highest BCUT2D eigenvalue weighted by atomic mass is 16.5. The zero-order chi connectivity index (χ0) is 19.4. The molecule has 0 saturated carbocycles. The molecule has 0 atom stereocenters. The molecule has 1 aromatic heterocycles. The molecule has 7 nitrogen and oxygen atoms in total. The first-order valence-corrected chi connectivity index (χ1v) is 8.77. The molecule has 1 aromatic carbocycles. The van der Waals surface area contributed by atoms with E-state index in [1.807, 2.05) is 6.92 Å². The maximum absolute atomic E-state index is 13.0. The minimum atomic E-state index is -0.105. The minimum absolute atomic E-state index is 0.0620. The van der Waals surface area contributed by atoms with Crippen molar-refractivity contribution >= 4 is 11.8 Å². The first-order valence-electron chi connectivity index (χ1n) is 8.77. The molecule has 1 aliphatic heterocycles. The molecule has 0 bridgehead atoms. The summed E-state index contributed by atoms with van der Waals surface area (Å²) in [6.45, 7) is 3.77. The van der Waals surface area contributed by atoms with E-state index in [4.69, 9.17) is 9.47 Å². The Kier molecular flexibility index (Phi) is 5.59. The van der Waals surface area contributed by atoms with Gasteiger partial charge in [-0.25, -0.2) is 0 Å². The van der Waals surface area contributed by atoms with Crippen molar-refractivity contribution in [1.29, 1.82) is 0 Å². The number of carbonyl (C=O) groups is 2. The van der Waals surface area contributed by atoms with E-state index < -0.39 is 0 Å². The number of benzene rings is 1. The monoisotopic (exact) mass is 369 g/mol. The van der Waals surface area contributed by atoms with Crippen LogP contribution < -0.4 is 9.47 Å². The summed E-state index contributed by atoms with van der Waals surface area (Å²) in [6.07, 6.45) is 3.20. The van der Waals surface area contributed by atoms with Crippen LogP contribution >= 0.6 is 0 Å². The number of carbonyl (C=O) groups excluding carboxylic acids is 2. The van der Waals surface area contributed by atoms with E-state index in [1.54, 1.807) is 60.7 Å². The fourth-order valence-electron chi connectivity index (χ4n) is 3.28. The Morgan fingerprint density at radius 3 is 2.19 bits per heavy atom. The van der Waals surface area contributed by atoms with Crippen LogP contribution in [0.15, 0.2) is 36.7 Å². The molecule has 7 heteroatoms. The van der Waals surface area contributed by atoms with Crippen LogP contribution in [0.25, 0.3) is 0 Å². The third-order valence-corrected chi connectivity index (χ3v) is 4.77. The molecule has 0 aliphatic carbocycles. The topological polar surface area (TPSA) is 72.0 Å². The molecule has 0 radical (unpaired) electrons. The van der Waals surface area contributed by atoms with E-state index in [-0.39, 0.29) is 11.8 Å². The van der Waals surface area contributed by atoms with Crippen LogP contribution in [0.5, 0.6) is 11.5 Å². The third kappa shape index (κ3) is 3.72. The largest absolute Gasteiger partial charge is 0.496 e. The number of hydrogen-bond acceptors (Lipinski definition) is 5. The van der Waals surface area contributed by atoms with Crippen LogP contribution in [-0.2, 0) is 0 Å². The van der Waals surface area contributed by atoms with Gasteiger partial charge in [-0.15, -0.1) is 0 Å². The van der Waals surface area contributed by atoms with Crippen LogP contribution in [-0.4, -0.2) is 67.0 Å². The van der Waals surface area contributed by atoms with E-state index in [0.29, 0.717) is 48.8 Å². The molecule has 0 spiro atoms. The standard InChI is InChI=1S/C20H23N3O4/c1-14-17(26-2)7-6-16(18(14)27-3)20(25)23-11-9-22(10-12-23)19(24)15-5-4-8-21-13-15/h4-8,13H,9-12H2,1-3H3. The van der Waals surface area contributed by atoms with Crippen LogP contribution in [0.2, 0.25) is 0 Å². The molecular weight excluding hydrogens is 346 g/mol. The van der Waals surface area contributed by atoms with Crippen LogP contribution in [0, 0.1) is 6.92 Å². The number of amides is 2. The summed E-state index contributed by atoms with van der Waals surface area (Å²) < 4.78 is 10.7. The number of nitrogens with zero attached hydrogens (tertiary/aromatic N) is 3. The average molecular weight is 369 g/mol. The molecule has 2 heterocycles. The lowest BCUT2D eigenvalue weighted by atomic mass is 10.1. The Balaban J connectivity index is 1.70. The molecule has 1 fully saturated rings. The molecule has 2 amide bonds. The van der Waals surface area contributed by atoms with Gasteiger partial charge in [-0.3, -0.25) is 14.6 Å². The fraction of sp³-hybridized carbons (Fsp3) is 0.350. The maximum atomic E-state index is 13.0. The SMILES string of the molecule is COc1ccc(C(=O)N2CCN(C(=O)c3cccnc3)CC2)c(OC)c1C. The molecule has 2 aromatic rings. The predicted molar refractivity (Wildman–Crippen MR) is 100 cm³/mol. The first kappa shape index (κ1) is 18.7. The van der Waals surface area contributed by atoms with Gasteiger partial charge in [0.05, 0.1) is 25.3 Å². The van der Waals surface area contributed by atoms with Gasteiger partial charge in [0, 0.05) is 44.1 Å². The van der Waals surface area contributed by atoms with Crippen molar-refractivity contribution in [3.63, 3.8) is 0 Å². The van der Waals surface area contributed by atoms with Crippen molar-refractivity contribution in [3.8, 4) is 11.5 Å². The lowest BCUT2D eigenvalue weighted by Crippen LogP contribution is -2.50. The predicted octanol–water partition coefficient (Wildman–Crippen LogP) is 2.01. The second kappa shape index (κ2) is 8.07. The summed E-state index contributed by atoms with van der Waals surface area (Å²) in [4.78, 5) is 33.0. The highest BCUT2D eigenvalue weighted by molar-refractivity contribution is 5.98. The summed E-state index contributed by atoms with van der Waals surface area (Å²) in [5.74, 6) is 1.03. The zero-order valence-electron chi connectivity index (χ0n) is 15.8. The number of pyridine rings is 1. The van der Waals surface area contributed by atoms with E-state index in [2.05, 4.69) is 4.98 Å². The van der Waals surface area contributed by atoms with Gasteiger partial charge in [-0.2, -0.15) is 0 Å². The van der Waals surface area contributed by atoms with Gasteiger partial charge in [-0.1, -0.05) is 0 Å². The number of ether oxygens (including phenoxy) is 2. The summed E-state index contributed by atoms with van der Waals surface area (Å²) in [5.41, 5.74) is 1.85. The van der Waals surface area contributed by atoms with Crippen LogP contribution in [0.1, 0.15) is 26.3 Å². The Hall–Kier alpha value is -3.09. The van der Waals surface area contributed by atoms with Crippen molar-refractivity contribution < 1.29 is 19.1 Å². The van der Waals surface area contributed by atoms with Gasteiger partial charge in [0.1, 0.15) is 11.5 Å². The number of piperazine rings is 1. The summed E-state index contributed by atoms with van der Waals surface area (Å²) in [7, 11) is 3.13. The number of aromatic nitrogens is 1. The van der Waals surface area contributed by atoms with E-state index in [9.17, 15) is 9.59 Å². The number of rotatable bonds is 4. The molecule has 0 unspecified atom stereocenters. The summed E-state index contributed by atoms with van der Waals surface area (Å²) in [6, 6.07) is 6.98. The molecule has 1 aliphatic rings. The van der Waals surface area contributed by atoms with Gasteiger partial charge in [0.15, 0.2) is 0 Å². The lowest BCUT2D eigenvalue weighted by Gasteiger charge is -2.35. The zero-order valence-corrected chi connectivity index (χ0v) is 15.8.